The monoisotopic (exact) mass is 264 g/mol. The third kappa shape index (κ3) is 3.04. The van der Waals surface area contributed by atoms with E-state index >= 15 is 0 Å². The Kier molecular flexibility index (Phi) is 3.70. The molecule has 4 nitrogen and oxygen atoms in total. The number of pyridine rings is 1. The quantitative estimate of drug-likeness (QED) is 0.525. The maximum Gasteiger partial charge on any atom is 0.219 e. The molecule has 6 heteroatoms. The van der Waals surface area contributed by atoms with Crippen molar-refractivity contribution in [2.24, 2.45) is 5.16 Å². The molecule has 0 amide bonds. The van der Waals surface area contributed by atoms with Gasteiger partial charge in [0.2, 0.25) is 5.88 Å². The van der Waals surface area contributed by atoms with Crippen LogP contribution in [-0.4, -0.2) is 15.9 Å². The average molecular weight is 264 g/mol. The maximum atomic E-state index is 13.4. The molecular weight excluding hydrogens is 254 g/mol. The van der Waals surface area contributed by atoms with E-state index in [9.17, 15) is 8.78 Å². The molecule has 2 rings (SSSR count). The summed E-state index contributed by atoms with van der Waals surface area (Å²) < 4.78 is 31.2. The first-order chi connectivity index (χ1) is 9.10. The van der Waals surface area contributed by atoms with Gasteiger partial charge in [0.25, 0.3) is 0 Å². The van der Waals surface area contributed by atoms with Crippen LogP contribution in [0.3, 0.4) is 0 Å². The molecule has 0 aliphatic carbocycles. The van der Waals surface area contributed by atoms with Crippen LogP contribution in [0.4, 0.5) is 8.78 Å². The topological polar surface area (TPSA) is 54.7 Å². The number of hydrogen-bond donors (Lipinski definition) is 1. The fraction of sp³-hybridized carbons (Fsp3) is 0.0769. The Bertz CT molecular complexity index is 613. The second-order valence-electron chi connectivity index (χ2n) is 3.75. The van der Waals surface area contributed by atoms with E-state index in [0.717, 1.165) is 12.1 Å². The lowest BCUT2D eigenvalue weighted by Crippen LogP contribution is -1.97. The highest BCUT2D eigenvalue weighted by molar-refractivity contribution is 5.97. The van der Waals surface area contributed by atoms with Gasteiger partial charge in [-0.2, -0.15) is 0 Å². The Morgan fingerprint density at radius 1 is 1.26 bits per heavy atom. The smallest absolute Gasteiger partial charge is 0.219 e. The molecule has 0 bridgehead atoms. The molecule has 0 aliphatic rings. The largest absolute Gasteiger partial charge is 0.436 e. The van der Waals surface area contributed by atoms with E-state index in [0.29, 0.717) is 11.3 Å². The first kappa shape index (κ1) is 12.9. The van der Waals surface area contributed by atoms with E-state index in [4.69, 9.17) is 9.94 Å². The summed E-state index contributed by atoms with van der Waals surface area (Å²) in [7, 11) is 0. The third-order valence-electron chi connectivity index (χ3n) is 2.41. The van der Waals surface area contributed by atoms with E-state index in [1.807, 2.05) is 0 Å². The highest BCUT2D eigenvalue weighted by Gasteiger charge is 2.07. The normalized spacial score (nSPS) is 11.4. The van der Waals surface area contributed by atoms with Crippen molar-refractivity contribution in [3.8, 4) is 11.6 Å². The molecule has 1 aromatic heterocycles. The zero-order chi connectivity index (χ0) is 13.8. The summed E-state index contributed by atoms with van der Waals surface area (Å²) in [5.41, 5.74) is 1.00. The number of rotatable bonds is 3. The Morgan fingerprint density at radius 2 is 2.05 bits per heavy atom. The molecule has 0 aliphatic heterocycles. The van der Waals surface area contributed by atoms with Crippen LogP contribution >= 0.6 is 0 Å². The van der Waals surface area contributed by atoms with Gasteiger partial charge in [-0.15, -0.1) is 0 Å². The SMILES string of the molecule is C/C(=N\O)c1ccc(Oc2ccc(F)cc2F)nc1. The standard InChI is InChI=1S/C13H10F2N2O2/c1-8(17-18)9-2-5-13(16-7-9)19-12-4-3-10(14)6-11(12)15/h2-7,18H,1H3/b17-8+. The van der Waals surface area contributed by atoms with Crippen molar-refractivity contribution in [2.75, 3.05) is 0 Å². The summed E-state index contributed by atoms with van der Waals surface area (Å²) in [4.78, 5) is 3.93. The van der Waals surface area contributed by atoms with Gasteiger partial charge in [0.15, 0.2) is 11.6 Å². The van der Waals surface area contributed by atoms with Gasteiger partial charge in [0.1, 0.15) is 5.82 Å². The molecule has 2 aromatic rings. The van der Waals surface area contributed by atoms with Crippen LogP contribution in [0.2, 0.25) is 0 Å². The Morgan fingerprint density at radius 3 is 2.63 bits per heavy atom. The number of hydrogen-bond acceptors (Lipinski definition) is 4. The first-order valence-corrected chi connectivity index (χ1v) is 5.38. The zero-order valence-electron chi connectivity index (χ0n) is 9.97. The highest BCUT2D eigenvalue weighted by Crippen LogP contribution is 2.23. The minimum Gasteiger partial charge on any atom is -0.436 e. The van der Waals surface area contributed by atoms with Crippen LogP contribution in [-0.2, 0) is 0 Å². The number of benzene rings is 1. The molecule has 1 heterocycles. The average Bonchev–Trinajstić information content (AvgIpc) is 2.42. The molecule has 0 saturated heterocycles. The predicted molar refractivity (Wildman–Crippen MR) is 64.7 cm³/mol. The maximum absolute atomic E-state index is 13.4. The van der Waals surface area contributed by atoms with Crippen molar-refractivity contribution in [1.82, 2.24) is 4.98 Å². The van der Waals surface area contributed by atoms with Crippen LogP contribution in [0.5, 0.6) is 11.6 Å². The Hall–Kier alpha value is -2.50. The van der Waals surface area contributed by atoms with Gasteiger partial charge in [-0.1, -0.05) is 5.16 Å². The highest BCUT2D eigenvalue weighted by atomic mass is 19.1. The molecule has 1 aromatic carbocycles. The van der Waals surface area contributed by atoms with Crippen molar-refractivity contribution >= 4 is 5.71 Å². The van der Waals surface area contributed by atoms with Gasteiger partial charge in [-0.3, -0.25) is 0 Å². The van der Waals surface area contributed by atoms with Gasteiger partial charge < -0.3 is 9.94 Å². The third-order valence-corrected chi connectivity index (χ3v) is 2.41. The lowest BCUT2D eigenvalue weighted by atomic mass is 10.2. The van der Waals surface area contributed by atoms with Crippen LogP contribution < -0.4 is 4.74 Å². The van der Waals surface area contributed by atoms with E-state index in [-0.39, 0.29) is 11.6 Å². The second kappa shape index (κ2) is 5.43. The van der Waals surface area contributed by atoms with Crippen molar-refractivity contribution in [3.63, 3.8) is 0 Å². The predicted octanol–water partition coefficient (Wildman–Crippen LogP) is 3.35. The Labute approximate surface area is 108 Å². The van der Waals surface area contributed by atoms with Crippen LogP contribution in [0.25, 0.3) is 0 Å². The minimum absolute atomic E-state index is 0.116. The molecule has 0 atom stereocenters. The Balaban J connectivity index is 2.20. The molecule has 19 heavy (non-hydrogen) atoms. The van der Waals surface area contributed by atoms with Crippen LogP contribution in [0.15, 0.2) is 41.7 Å². The molecule has 0 radical (unpaired) electrons. The lowest BCUT2D eigenvalue weighted by Gasteiger charge is -2.06. The second-order valence-corrected chi connectivity index (χ2v) is 3.75. The lowest BCUT2D eigenvalue weighted by molar-refractivity contribution is 0.319. The molecular formula is C13H10F2N2O2. The summed E-state index contributed by atoms with van der Waals surface area (Å²) in [5.74, 6) is -1.45. The van der Waals surface area contributed by atoms with Crippen molar-refractivity contribution in [3.05, 3.63) is 53.7 Å². The van der Waals surface area contributed by atoms with E-state index in [2.05, 4.69) is 10.1 Å². The molecule has 0 saturated carbocycles. The van der Waals surface area contributed by atoms with Gasteiger partial charge >= 0.3 is 0 Å². The number of oxime groups is 1. The zero-order valence-corrected chi connectivity index (χ0v) is 9.97. The molecule has 98 valence electrons. The van der Waals surface area contributed by atoms with Crippen molar-refractivity contribution in [2.45, 2.75) is 6.92 Å². The van der Waals surface area contributed by atoms with Crippen molar-refractivity contribution < 1.29 is 18.7 Å². The van der Waals surface area contributed by atoms with Gasteiger partial charge in [-0.05, 0) is 25.1 Å². The summed E-state index contributed by atoms with van der Waals surface area (Å²) in [6.07, 6.45) is 1.42. The van der Waals surface area contributed by atoms with Gasteiger partial charge in [0.05, 0.1) is 5.71 Å². The molecule has 1 N–H and O–H groups in total. The molecule has 0 spiro atoms. The van der Waals surface area contributed by atoms with Gasteiger partial charge in [0, 0.05) is 23.9 Å². The first-order valence-electron chi connectivity index (χ1n) is 5.38. The van der Waals surface area contributed by atoms with E-state index < -0.39 is 11.6 Å². The van der Waals surface area contributed by atoms with Crippen LogP contribution in [0.1, 0.15) is 12.5 Å². The fourth-order valence-corrected chi connectivity index (χ4v) is 1.38. The number of aromatic nitrogens is 1. The summed E-state index contributed by atoms with van der Waals surface area (Å²) >= 11 is 0. The fourth-order valence-electron chi connectivity index (χ4n) is 1.38. The molecule has 0 unspecified atom stereocenters. The number of ether oxygens (including phenoxy) is 1. The van der Waals surface area contributed by atoms with E-state index in [1.54, 1.807) is 13.0 Å². The number of halogens is 2. The minimum atomic E-state index is -0.807. The molecule has 0 fully saturated rings. The summed E-state index contributed by atoms with van der Waals surface area (Å²) in [6, 6.07) is 6.11. The van der Waals surface area contributed by atoms with E-state index in [1.165, 1.54) is 18.3 Å². The summed E-state index contributed by atoms with van der Waals surface area (Å²) in [5, 5.41) is 11.6. The number of nitrogens with zero attached hydrogens (tertiary/aromatic N) is 2. The van der Waals surface area contributed by atoms with Gasteiger partial charge in [-0.25, -0.2) is 13.8 Å². The van der Waals surface area contributed by atoms with Crippen molar-refractivity contribution in [1.29, 1.82) is 0 Å². The van der Waals surface area contributed by atoms with Crippen LogP contribution in [0, 0.1) is 11.6 Å². The summed E-state index contributed by atoms with van der Waals surface area (Å²) in [6.45, 7) is 1.61.